The van der Waals surface area contributed by atoms with E-state index in [1.165, 1.54) is 18.2 Å². The van der Waals surface area contributed by atoms with E-state index < -0.39 is 5.82 Å². The zero-order valence-corrected chi connectivity index (χ0v) is 12.9. The van der Waals surface area contributed by atoms with Gasteiger partial charge in [-0.25, -0.2) is 4.39 Å². The Labute approximate surface area is 124 Å². The van der Waals surface area contributed by atoms with Crippen molar-refractivity contribution in [2.75, 3.05) is 0 Å². The summed E-state index contributed by atoms with van der Waals surface area (Å²) in [5.74, 6) is -0.00922. The van der Waals surface area contributed by atoms with Gasteiger partial charge < -0.3 is 9.84 Å². The maximum atomic E-state index is 13.0. The van der Waals surface area contributed by atoms with Crippen LogP contribution >= 0.6 is 15.9 Å². The van der Waals surface area contributed by atoms with Crippen LogP contribution in [0.25, 0.3) is 0 Å². The molecule has 0 radical (unpaired) electrons. The number of benzene rings is 1. The lowest BCUT2D eigenvalue weighted by molar-refractivity contribution is 0.0939. The van der Waals surface area contributed by atoms with Crippen LogP contribution in [-0.4, -0.2) is 11.1 Å². The Balaban J connectivity index is 2.19. The Morgan fingerprint density at radius 2 is 2.15 bits per heavy atom. The Kier molecular flexibility index (Phi) is 4.23. The SMILES string of the molecule is Cc1noc(C)c1C(C)NC(=O)c1ccc(F)cc1Br. The molecule has 0 saturated carbocycles. The summed E-state index contributed by atoms with van der Waals surface area (Å²) in [6.45, 7) is 5.47. The lowest BCUT2D eigenvalue weighted by Gasteiger charge is -2.14. The molecule has 1 unspecified atom stereocenters. The lowest BCUT2D eigenvalue weighted by Crippen LogP contribution is -2.27. The highest BCUT2D eigenvalue weighted by molar-refractivity contribution is 9.10. The molecule has 0 saturated heterocycles. The number of amides is 1. The van der Waals surface area contributed by atoms with Crippen molar-refractivity contribution in [3.63, 3.8) is 0 Å². The summed E-state index contributed by atoms with van der Waals surface area (Å²) in [6.07, 6.45) is 0. The van der Waals surface area contributed by atoms with Gasteiger partial charge in [0.2, 0.25) is 0 Å². The van der Waals surface area contributed by atoms with Crippen LogP contribution in [0.5, 0.6) is 0 Å². The number of nitrogens with one attached hydrogen (secondary N) is 1. The number of halogens is 2. The molecule has 1 atom stereocenters. The van der Waals surface area contributed by atoms with Crippen LogP contribution in [0.3, 0.4) is 0 Å². The van der Waals surface area contributed by atoms with Crippen LogP contribution in [0, 0.1) is 19.7 Å². The molecule has 0 aliphatic carbocycles. The van der Waals surface area contributed by atoms with Gasteiger partial charge in [-0.05, 0) is 54.9 Å². The fourth-order valence-electron chi connectivity index (χ4n) is 2.13. The number of aromatic nitrogens is 1. The molecule has 20 heavy (non-hydrogen) atoms. The fourth-order valence-corrected chi connectivity index (χ4v) is 2.66. The van der Waals surface area contributed by atoms with E-state index in [1.807, 2.05) is 13.8 Å². The molecule has 1 N–H and O–H groups in total. The minimum Gasteiger partial charge on any atom is -0.361 e. The maximum absolute atomic E-state index is 13.0. The highest BCUT2D eigenvalue weighted by Gasteiger charge is 2.20. The quantitative estimate of drug-likeness (QED) is 0.927. The van der Waals surface area contributed by atoms with Crippen molar-refractivity contribution in [3.8, 4) is 0 Å². The molecule has 0 spiro atoms. The third-order valence-electron chi connectivity index (χ3n) is 3.04. The third-order valence-corrected chi connectivity index (χ3v) is 3.70. The van der Waals surface area contributed by atoms with Gasteiger partial charge in [-0.1, -0.05) is 5.16 Å². The number of carbonyl (C=O) groups excluding carboxylic acids is 1. The van der Waals surface area contributed by atoms with Crippen LogP contribution in [0.15, 0.2) is 27.2 Å². The number of hydrogen-bond donors (Lipinski definition) is 1. The minimum atomic E-state index is -0.396. The minimum absolute atomic E-state index is 0.245. The van der Waals surface area contributed by atoms with Gasteiger partial charge in [-0.15, -0.1) is 0 Å². The summed E-state index contributed by atoms with van der Waals surface area (Å²) in [5, 5.41) is 6.71. The molecule has 4 nitrogen and oxygen atoms in total. The average molecular weight is 341 g/mol. The van der Waals surface area contributed by atoms with Crippen LogP contribution in [-0.2, 0) is 0 Å². The van der Waals surface area contributed by atoms with E-state index in [0.29, 0.717) is 15.8 Å². The Morgan fingerprint density at radius 3 is 2.70 bits per heavy atom. The van der Waals surface area contributed by atoms with E-state index in [4.69, 9.17) is 4.52 Å². The molecule has 2 aromatic rings. The fraction of sp³-hybridized carbons (Fsp3) is 0.286. The highest BCUT2D eigenvalue weighted by Crippen LogP contribution is 2.23. The van der Waals surface area contributed by atoms with Crippen molar-refractivity contribution in [1.29, 1.82) is 0 Å². The smallest absolute Gasteiger partial charge is 0.252 e. The molecule has 1 heterocycles. The molecule has 0 fully saturated rings. The van der Waals surface area contributed by atoms with Crippen molar-refractivity contribution in [3.05, 3.63) is 51.1 Å². The highest BCUT2D eigenvalue weighted by atomic mass is 79.9. The predicted molar refractivity (Wildman–Crippen MR) is 76.0 cm³/mol. The molecular weight excluding hydrogens is 327 g/mol. The summed E-state index contributed by atoms with van der Waals surface area (Å²) in [5.41, 5.74) is 1.98. The molecule has 0 bridgehead atoms. The van der Waals surface area contributed by atoms with Gasteiger partial charge in [0.25, 0.3) is 5.91 Å². The van der Waals surface area contributed by atoms with Gasteiger partial charge >= 0.3 is 0 Å². The topological polar surface area (TPSA) is 55.1 Å². The first-order chi connectivity index (χ1) is 9.40. The standard InChI is InChI=1S/C14H14BrFN2O2/c1-7(13-8(2)18-20-9(13)3)17-14(19)11-5-4-10(16)6-12(11)15/h4-7H,1-3H3,(H,17,19). The average Bonchev–Trinajstić information content (AvgIpc) is 2.68. The first-order valence-electron chi connectivity index (χ1n) is 6.09. The first kappa shape index (κ1) is 14.7. The normalized spacial score (nSPS) is 12.2. The lowest BCUT2D eigenvalue weighted by atomic mass is 10.1. The van der Waals surface area contributed by atoms with Gasteiger partial charge in [0.1, 0.15) is 11.6 Å². The number of rotatable bonds is 3. The van der Waals surface area contributed by atoms with Crippen LogP contribution < -0.4 is 5.32 Å². The zero-order chi connectivity index (χ0) is 14.9. The van der Waals surface area contributed by atoms with E-state index in [-0.39, 0.29) is 11.9 Å². The summed E-state index contributed by atoms with van der Waals surface area (Å²) in [6, 6.07) is 3.70. The second kappa shape index (κ2) is 5.75. The molecule has 2 rings (SSSR count). The van der Waals surface area contributed by atoms with Crippen molar-refractivity contribution >= 4 is 21.8 Å². The molecule has 1 aromatic carbocycles. The summed E-state index contributed by atoms with van der Waals surface area (Å²) in [7, 11) is 0. The molecule has 0 aliphatic rings. The van der Waals surface area contributed by atoms with Gasteiger partial charge in [-0.3, -0.25) is 4.79 Å². The van der Waals surface area contributed by atoms with Crippen LogP contribution in [0.2, 0.25) is 0 Å². The van der Waals surface area contributed by atoms with Gasteiger partial charge in [0.05, 0.1) is 17.3 Å². The number of aryl methyl sites for hydroxylation is 2. The molecule has 6 heteroatoms. The van der Waals surface area contributed by atoms with E-state index in [0.717, 1.165) is 11.3 Å². The second-order valence-electron chi connectivity index (χ2n) is 4.56. The van der Waals surface area contributed by atoms with Crippen molar-refractivity contribution in [1.82, 2.24) is 10.5 Å². The molecule has 106 valence electrons. The van der Waals surface area contributed by atoms with Crippen LogP contribution in [0.4, 0.5) is 4.39 Å². The Hall–Kier alpha value is -1.69. The largest absolute Gasteiger partial charge is 0.361 e. The zero-order valence-electron chi connectivity index (χ0n) is 11.3. The summed E-state index contributed by atoms with van der Waals surface area (Å²) >= 11 is 3.18. The maximum Gasteiger partial charge on any atom is 0.252 e. The van der Waals surface area contributed by atoms with Crippen molar-refractivity contribution in [2.24, 2.45) is 0 Å². The summed E-state index contributed by atoms with van der Waals surface area (Å²) in [4.78, 5) is 12.2. The summed E-state index contributed by atoms with van der Waals surface area (Å²) < 4.78 is 18.5. The molecule has 0 aliphatic heterocycles. The molecule has 1 aromatic heterocycles. The van der Waals surface area contributed by atoms with Crippen molar-refractivity contribution < 1.29 is 13.7 Å². The van der Waals surface area contributed by atoms with E-state index in [9.17, 15) is 9.18 Å². The van der Waals surface area contributed by atoms with Crippen LogP contribution in [0.1, 0.15) is 40.3 Å². The van der Waals surface area contributed by atoms with Gasteiger partial charge in [0.15, 0.2) is 0 Å². The number of hydrogen-bond acceptors (Lipinski definition) is 3. The van der Waals surface area contributed by atoms with E-state index in [1.54, 1.807) is 6.92 Å². The second-order valence-corrected chi connectivity index (χ2v) is 5.41. The third kappa shape index (κ3) is 2.90. The number of carbonyl (C=O) groups is 1. The van der Waals surface area contributed by atoms with E-state index in [2.05, 4.69) is 26.4 Å². The Bertz CT molecular complexity index is 635. The number of nitrogens with zero attached hydrogens (tertiary/aromatic N) is 1. The van der Waals surface area contributed by atoms with E-state index >= 15 is 0 Å². The van der Waals surface area contributed by atoms with Gasteiger partial charge in [0, 0.05) is 10.0 Å². The first-order valence-corrected chi connectivity index (χ1v) is 6.88. The Morgan fingerprint density at radius 1 is 1.45 bits per heavy atom. The predicted octanol–water partition coefficient (Wildman–Crippen LogP) is 3.68. The monoisotopic (exact) mass is 340 g/mol. The van der Waals surface area contributed by atoms with Gasteiger partial charge in [-0.2, -0.15) is 0 Å². The molecular formula is C14H14BrFN2O2. The molecule has 1 amide bonds. The van der Waals surface area contributed by atoms with Crippen molar-refractivity contribution in [2.45, 2.75) is 26.8 Å².